The van der Waals surface area contributed by atoms with Crippen LogP contribution in [0, 0.1) is 0 Å². The standard InChI is InChI=1S/C21H27ClN4O2/c1-21(2)18(17-7-3-4-8-19(17)22)9-10-26(21)20(27)24-15-12-23-25(13-15)14-16-6-5-11-28-16/h3-4,7-8,12-13,16,18H,5-6,9-11,14H2,1-2H3,(H,24,27). The lowest BCUT2D eigenvalue weighted by Gasteiger charge is -2.36. The Labute approximate surface area is 170 Å². The summed E-state index contributed by atoms with van der Waals surface area (Å²) in [6.07, 6.45) is 6.84. The summed E-state index contributed by atoms with van der Waals surface area (Å²) in [4.78, 5) is 14.9. The molecule has 0 bridgehead atoms. The highest BCUT2D eigenvalue weighted by Gasteiger charge is 2.45. The van der Waals surface area contributed by atoms with Crippen LogP contribution in [0.3, 0.4) is 0 Å². The third kappa shape index (κ3) is 3.76. The first kappa shape index (κ1) is 19.3. The molecule has 7 heteroatoms. The van der Waals surface area contributed by atoms with E-state index in [0.717, 1.165) is 43.0 Å². The molecule has 0 spiro atoms. The van der Waals surface area contributed by atoms with Crippen molar-refractivity contribution in [2.24, 2.45) is 0 Å². The highest BCUT2D eigenvalue weighted by molar-refractivity contribution is 6.31. The number of ether oxygens (including phenoxy) is 1. The van der Waals surface area contributed by atoms with Gasteiger partial charge in [-0.1, -0.05) is 29.8 Å². The van der Waals surface area contributed by atoms with Gasteiger partial charge in [0.1, 0.15) is 0 Å². The molecule has 4 rings (SSSR count). The van der Waals surface area contributed by atoms with Gasteiger partial charge in [0.15, 0.2) is 0 Å². The number of anilines is 1. The number of nitrogens with one attached hydrogen (secondary N) is 1. The highest BCUT2D eigenvalue weighted by atomic mass is 35.5. The number of benzene rings is 1. The van der Waals surface area contributed by atoms with E-state index >= 15 is 0 Å². The SMILES string of the molecule is CC1(C)C(c2ccccc2Cl)CCN1C(=O)Nc1cnn(CC2CCCO2)c1. The molecule has 2 fully saturated rings. The van der Waals surface area contributed by atoms with Crippen LogP contribution in [0.2, 0.25) is 5.02 Å². The number of rotatable bonds is 4. The first-order valence-corrected chi connectivity index (χ1v) is 10.3. The van der Waals surface area contributed by atoms with Crippen LogP contribution in [0.5, 0.6) is 0 Å². The topological polar surface area (TPSA) is 59.4 Å². The number of nitrogens with zero attached hydrogens (tertiary/aromatic N) is 3. The summed E-state index contributed by atoms with van der Waals surface area (Å²) >= 11 is 6.42. The first-order valence-electron chi connectivity index (χ1n) is 9.92. The van der Waals surface area contributed by atoms with Crippen molar-refractivity contribution in [2.75, 3.05) is 18.5 Å². The normalized spacial score (nSPS) is 23.9. The van der Waals surface area contributed by atoms with Crippen molar-refractivity contribution >= 4 is 23.3 Å². The van der Waals surface area contributed by atoms with Gasteiger partial charge in [0.2, 0.25) is 0 Å². The lowest BCUT2D eigenvalue weighted by Crippen LogP contribution is -2.47. The number of aromatic nitrogens is 2. The summed E-state index contributed by atoms with van der Waals surface area (Å²) in [6.45, 7) is 6.45. The van der Waals surface area contributed by atoms with Crippen molar-refractivity contribution in [3.8, 4) is 0 Å². The van der Waals surface area contributed by atoms with Gasteiger partial charge < -0.3 is 15.0 Å². The third-order valence-corrected chi connectivity index (χ3v) is 6.36. The van der Waals surface area contributed by atoms with Gasteiger partial charge in [0.05, 0.1) is 24.5 Å². The zero-order valence-corrected chi connectivity index (χ0v) is 17.2. The second-order valence-electron chi connectivity index (χ2n) is 8.18. The quantitative estimate of drug-likeness (QED) is 0.818. The molecule has 150 valence electrons. The van der Waals surface area contributed by atoms with Crippen LogP contribution >= 0.6 is 11.6 Å². The monoisotopic (exact) mass is 402 g/mol. The molecular weight excluding hydrogens is 376 g/mol. The average Bonchev–Trinajstić information content (AvgIpc) is 3.37. The van der Waals surface area contributed by atoms with Crippen LogP contribution in [0.4, 0.5) is 10.5 Å². The van der Waals surface area contributed by atoms with Gasteiger partial charge in [0, 0.05) is 35.8 Å². The van der Waals surface area contributed by atoms with Gasteiger partial charge in [-0.3, -0.25) is 4.68 Å². The number of likely N-dealkylation sites (tertiary alicyclic amines) is 1. The number of urea groups is 1. The number of carbonyl (C=O) groups excluding carboxylic acids is 1. The fraction of sp³-hybridized carbons (Fsp3) is 0.524. The Hall–Kier alpha value is -2.05. The van der Waals surface area contributed by atoms with Gasteiger partial charge in [-0.2, -0.15) is 5.10 Å². The summed E-state index contributed by atoms with van der Waals surface area (Å²) in [5.74, 6) is 0.203. The summed E-state index contributed by atoms with van der Waals surface area (Å²) in [5, 5.41) is 8.12. The largest absolute Gasteiger partial charge is 0.376 e. The lowest BCUT2D eigenvalue weighted by atomic mass is 9.83. The van der Waals surface area contributed by atoms with E-state index in [0.29, 0.717) is 12.2 Å². The Kier molecular flexibility index (Phi) is 5.34. The molecule has 3 heterocycles. The Morgan fingerprint density at radius 2 is 2.18 bits per heavy atom. The van der Waals surface area contributed by atoms with E-state index in [1.165, 1.54) is 0 Å². The Bertz CT molecular complexity index is 844. The van der Waals surface area contributed by atoms with E-state index in [2.05, 4.69) is 30.3 Å². The second-order valence-corrected chi connectivity index (χ2v) is 8.59. The fourth-order valence-electron chi connectivity index (χ4n) is 4.46. The minimum absolute atomic E-state index is 0.101. The minimum atomic E-state index is -0.331. The van der Waals surface area contributed by atoms with Crippen LogP contribution < -0.4 is 5.32 Å². The molecule has 2 aromatic rings. The van der Waals surface area contributed by atoms with E-state index in [-0.39, 0.29) is 23.6 Å². The summed E-state index contributed by atoms with van der Waals surface area (Å²) in [7, 11) is 0. The Balaban J connectivity index is 1.42. The lowest BCUT2D eigenvalue weighted by molar-refractivity contribution is 0.0940. The fourth-order valence-corrected chi connectivity index (χ4v) is 4.73. The number of hydrogen-bond acceptors (Lipinski definition) is 3. The van der Waals surface area contributed by atoms with Crippen molar-refractivity contribution in [1.29, 1.82) is 0 Å². The van der Waals surface area contributed by atoms with Crippen molar-refractivity contribution in [3.63, 3.8) is 0 Å². The molecule has 1 aromatic heterocycles. The third-order valence-electron chi connectivity index (χ3n) is 6.01. The van der Waals surface area contributed by atoms with Gasteiger partial charge in [-0.05, 0) is 44.7 Å². The van der Waals surface area contributed by atoms with Crippen LogP contribution in [0.25, 0.3) is 0 Å². The summed E-state index contributed by atoms with van der Waals surface area (Å²) in [6, 6.07) is 7.81. The summed E-state index contributed by atoms with van der Waals surface area (Å²) < 4.78 is 7.49. The average molecular weight is 403 g/mol. The molecule has 2 aliphatic heterocycles. The Morgan fingerprint density at radius 3 is 2.93 bits per heavy atom. The molecule has 0 radical (unpaired) electrons. The predicted molar refractivity (Wildman–Crippen MR) is 110 cm³/mol. The van der Waals surface area contributed by atoms with E-state index in [9.17, 15) is 4.79 Å². The van der Waals surface area contributed by atoms with Crippen LogP contribution in [0.15, 0.2) is 36.7 Å². The van der Waals surface area contributed by atoms with Crippen molar-refractivity contribution in [3.05, 3.63) is 47.2 Å². The molecule has 0 saturated carbocycles. The van der Waals surface area contributed by atoms with E-state index in [1.807, 2.05) is 34.0 Å². The zero-order chi connectivity index (χ0) is 19.7. The highest BCUT2D eigenvalue weighted by Crippen LogP contribution is 2.44. The minimum Gasteiger partial charge on any atom is -0.376 e. The molecule has 2 atom stereocenters. The van der Waals surface area contributed by atoms with Crippen LogP contribution in [-0.4, -0.2) is 45.5 Å². The maximum Gasteiger partial charge on any atom is 0.322 e. The maximum atomic E-state index is 13.0. The van der Waals surface area contributed by atoms with Crippen LogP contribution in [0.1, 0.15) is 44.6 Å². The molecule has 28 heavy (non-hydrogen) atoms. The Morgan fingerprint density at radius 1 is 1.36 bits per heavy atom. The number of carbonyl (C=O) groups is 1. The molecule has 6 nitrogen and oxygen atoms in total. The van der Waals surface area contributed by atoms with E-state index < -0.39 is 0 Å². The molecular formula is C21H27ClN4O2. The molecule has 1 N–H and O–H groups in total. The molecule has 2 saturated heterocycles. The zero-order valence-electron chi connectivity index (χ0n) is 16.4. The van der Waals surface area contributed by atoms with Crippen molar-refractivity contribution in [2.45, 2.75) is 57.2 Å². The molecule has 2 unspecified atom stereocenters. The number of halogens is 1. The number of hydrogen-bond donors (Lipinski definition) is 1. The van der Waals surface area contributed by atoms with E-state index in [1.54, 1.807) is 6.20 Å². The van der Waals surface area contributed by atoms with Crippen LogP contribution in [-0.2, 0) is 11.3 Å². The van der Waals surface area contributed by atoms with Gasteiger partial charge in [0.25, 0.3) is 0 Å². The molecule has 2 aliphatic rings. The van der Waals surface area contributed by atoms with Gasteiger partial charge in [-0.25, -0.2) is 4.79 Å². The summed E-state index contributed by atoms with van der Waals surface area (Å²) in [5.41, 5.74) is 1.48. The maximum absolute atomic E-state index is 13.0. The predicted octanol–water partition coefficient (Wildman–Crippen LogP) is 4.52. The molecule has 1 aromatic carbocycles. The smallest absolute Gasteiger partial charge is 0.322 e. The van der Waals surface area contributed by atoms with Gasteiger partial charge in [-0.15, -0.1) is 0 Å². The first-order chi connectivity index (χ1) is 13.4. The van der Waals surface area contributed by atoms with Crippen molar-refractivity contribution < 1.29 is 9.53 Å². The van der Waals surface area contributed by atoms with E-state index in [4.69, 9.17) is 16.3 Å². The number of amides is 2. The second kappa shape index (κ2) is 7.76. The van der Waals surface area contributed by atoms with Crippen molar-refractivity contribution in [1.82, 2.24) is 14.7 Å². The molecule has 0 aliphatic carbocycles. The molecule has 2 amide bonds. The van der Waals surface area contributed by atoms with Gasteiger partial charge >= 0.3 is 6.03 Å².